The maximum atomic E-state index is 11.8. The average Bonchev–Trinajstić information content (AvgIpc) is 2.53. The summed E-state index contributed by atoms with van der Waals surface area (Å²) in [7, 11) is 0. The van der Waals surface area contributed by atoms with Gasteiger partial charge in [0.2, 0.25) is 0 Å². The lowest BCUT2D eigenvalue weighted by atomic mass is 10.2. The number of carbonyl (C=O) groups is 1. The van der Waals surface area contributed by atoms with Crippen molar-refractivity contribution >= 4 is 17.3 Å². The topological polar surface area (TPSA) is 105 Å². The molecule has 0 aliphatic heterocycles. The van der Waals surface area contributed by atoms with Crippen LogP contribution in [0.4, 0.5) is 11.4 Å². The molecule has 0 saturated heterocycles. The van der Waals surface area contributed by atoms with E-state index in [9.17, 15) is 14.9 Å². The fourth-order valence-electron chi connectivity index (χ4n) is 1.90. The molecule has 23 heavy (non-hydrogen) atoms. The summed E-state index contributed by atoms with van der Waals surface area (Å²) in [6.07, 6.45) is 0. The van der Waals surface area contributed by atoms with E-state index < -0.39 is 10.8 Å². The summed E-state index contributed by atoms with van der Waals surface area (Å²) in [5, 5.41) is 22.3. The van der Waals surface area contributed by atoms with Crippen molar-refractivity contribution in [2.45, 2.75) is 6.92 Å². The maximum Gasteiger partial charge on any atom is 0.311 e. The van der Waals surface area contributed by atoms with Crippen LogP contribution in [0.1, 0.15) is 11.1 Å². The van der Waals surface area contributed by atoms with E-state index in [0.29, 0.717) is 11.3 Å². The zero-order valence-corrected chi connectivity index (χ0v) is 12.3. The van der Waals surface area contributed by atoms with Crippen molar-refractivity contribution in [2.75, 3.05) is 11.9 Å². The third-order valence-corrected chi connectivity index (χ3v) is 2.95. The molecule has 2 aromatic carbocycles. The highest BCUT2D eigenvalue weighted by molar-refractivity contribution is 5.92. The second-order valence-corrected chi connectivity index (χ2v) is 4.76. The lowest BCUT2D eigenvalue weighted by Gasteiger charge is -2.08. The van der Waals surface area contributed by atoms with Gasteiger partial charge in [0, 0.05) is 11.8 Å². The third kappa shape index (κ3) is 4.28. The van der Waals surface area contributed by atoms with Crippen LogP contribution in [0.5, 0.6) is 5.75 Å². The second kappa shape index (κ2) is 7.04. The lowest BCUT2D eigenvalue weighted by Crippen LogP contribution is -2.20. The summed E-state index contributed by atoms with van der Waals surface area (Å²) in [6.45, 7) is 1.35. The normalized spacial score (nSPS) is 9.74. The summed E-state index contributed by atoms with van der Waals surface area (Å²) < 4.78 is 5.23. The van der Waals surface area contributed by atoms with E-state index in [2.05, 4.69) is 5.32 Å². The fourth-order valence-corrected chi connectivity index (χ4v) is 1.90. The van der Waals surface area contributed by atoms with Gasteiger partial charge in [-0.3, -0.25) is 14.9 Å². The number of amides is 1. The molecule has 0 aliphatic carbocycles. The molecule has 2 aromatic rings. The average molecular weight is 311 g/mol. The van der Waals surface area contributed by atoms with Gasteiger partial charge in [0.05, 0.1) is 16.6 Å². The molecule has 116 valence electrons. The molecule has 0 aromatic heterocycles. The predicted molar refractivity (Wildman–Crippen MR) is 83.1 cm³/mol. The molecule has 0 aliphatic rings. The summed E-state index contributed by atoms with van der Waals surface area (Å²) in [6, 6.07) is 12.9. The van der Waals surface area contributed by atoms with Crippen LogP contribution < -0.4 is 10.1 Å². The predicted octanol–water partition coefficient (Wildman–Crippen LogP) is 2.79. The minimum absolute atomic E-state index is 0.0292. The van der Waals surface area contributed by atoms with Crippen LogP contribution in [0.2, 0.25) is 0 Å². The van der Waals surface area contributed by atoms with Gasteiger partial charge in [-0.1, -0.05) is 12.1 Å². The van der Waals surface area contributed by atoms with Gasteiger partial charge in [0.15, 0.2) is 12.4 Å². The molecule has 2 rings (SSSR count). The lowest BCUT2D eigenvalue weighted by molar-refractivity contribution is -0.385. The van der Waals surface area contributed by atoms with Gasteiger partial charge in [-0.25, -0.2) is 0 Å². The number of nitrogens with zero attached hydrogens (tertiary/aromatic N) is 2. The first-order valence-corrected chi connectivity index (χ1v) is 6.67. The van der Waals surface area contributed by atoms with Gasteiger partial charge in [-0.2, -0.15) is 5.26 Å². The molecule has 0 unspecified atom stereocenters. The molecule has 7 nitrogen and oxygen atoms in total. The number of nitro groups is 1. The van der Waals surface area contributed by atoms with E-state index in [4.69, 9.17) is 10.00 Å². The summed E-state index contributed by atoms with van der Waals surface area (Å²) >= 11 is 0. The van der Waals surface area contributed by atoms with Crippen molar-refractivity contribution in [3.05, 3.63) is 63.7 Å². The molecule has 0 heterocycles. The summed E-state index contributed by atoms with van der Waals surface area (Å²) in [5.74, 6) is -0.448. The van der Waals surface area contributed by atoms with E-state index in [1.54, 1.807) is 31.2 Å². The highest BCUT2D eigenvalue weighted by Crippen LogP contribution is 2.27. The van der Waals surface area contributed by atoms with Gasteiger partial charge < -0.3 is 10.1 Å². The number of nitriles is 1. The van der Waals surface area contributed by atoms with Crippen LogP contribution in [0.3, 0.4) is 0 Å². The third-order valence-electron chi connectivity index (χ3n) is 2.95. The Morgan fingerprint density at radius 1 is 1.35 bits per heavy atom. The Labute approximate surface area is 132 Å². The number of rotatable bonds is 5. The highest BCUT2D eigenvalue weighted by atomic mass is 16.6. The SMILES string of the molecule is Cc1ccc(OCC(=O)Nc2cccc(C#N)c2)c([N+](=O)[O-])c1. The quantitative estimate of drug-likeness (QED) is 0.675. The second-order valence-electron chi connectivity index (χ2n) is 4.76. The van der Waals surface area contributed by atoms with Crippen LogP contribution >= 0.6 is 0 Å². The van der Waals surface area contributed by atoms with Crippen molar-refractivity contribution in [1.82, 2.24) is 0 Å². The molecule has 0 spiro atoms. The van der Waals surface area contributed by atoms with Crippen molar-refractivity contribution in [1.29, 1.82) is 5.26 Å². The number of aryl methyl sites for hydroxylation is 1. The van der Waals surface area contributed by atoms with Crippen LogP contribution in [0.15, 0.2) is 42.5 Å². The molecular formula is C16H13N3O4. The molecule has 0 radical (unpaired) electrons. The first kappa shape index (κ1) is 16.0. The van der Waals surface area contributed by atoms with Crippen LogP contribution in [0, 0.1) is 28.4 Å². The Balaban J connectivity index is 2.02. The molecular weight excluding hydrogens is 298 g/mol. The van der Waals surface area contributed by atoms with Crippen molar-refractivity contribution in [3.63, 3.8) is 0 Å². The molecule has 0 bridgehead atoms. The number of nitro benzene ring substituents is 1. The van der Waals surface area contributed by atoms with E-state index in [1.807, 2.05) is 6.07 Å². The Hall–Kier alpha value is -3.40. The van der Waals surface area contributed by atoms with Crippen LogP contribution in [0.25, 0.3) is 0 Å². The van der Waals surface area contributed by atoms with Crippen LogP contribution in [-0.4, -0.2) is 17.4 Å². The number of anilines is 1. The maximum absolute atomic E-state index is 11.8. The van der Waals surface area contributed by atoms with E-state index >= 15 is 0 Å². The Bertz CT molecular complexity index is 796. The Morgan fingerprint density at radius 3 is 2.83 bits per heavy atom. The Morgan fingerprint density at radius 2 is 2.13 bits per heavy atom. The van der Waals surface area contributed by atoms with Crippen molar-refractivity contribution in [2.24, 2.45) is 0 Å². The number of hydrogen-bond acceptors (Lipinski definition) is 5. The standard InChI is InChI=1S/C16H13N3O4/c1-11-5-6-15(14(7-11)19(21)22)23-10-16(20)18-13-4-2-3-12(8-13)9-17/h2-8H,10H2,1H3,(H,18,20). The summed E-state index contributed by atoms with van der Waals surface area (Å²) in [4.78, 5) is 22.3. The number of ether oxygens (including phenoxy) is 1. The van der Waals surface area contributed by atoms with Crippen LogP contribution in [-0.2, 0) is 4.79 Å². The van der Waals surface area contributed by atoms with E-state index in [0.717, 1.165) is 5.56 Å². The zero-order chi connectivity index (χ0) is 16.8. The van der Waals surface area contributed by atoms with E-state index in [1.165, 1.54) is 18.2 Å². The Kier molecular flexibility index (Phi) is 4.89. The molecule has 0 atom stereocenters. The van der Waals surface area contributed by atoms with Gasteiger partial charge in [0.1, 0.15) is 0 Å². The monoisotopic (exact) mass is 311 g/mol. The molecule has 0 fully saturated rings. The van der Waals surface area contributed by atoms with Gasteiger partial charge in [-0.15, -0.1) is 0 Å². The summed E-state index contributed by atoms with van der Waals surface area (Å²) in [5.41, 5.74) is 1.40. The van der Waals surface area contributed by atoms with Gasteiger partial charge >= 0.3 is 5.69 Å². The number of benzene rings is 2. The minimum Gasteiger partial charge on any atom is -0.477 e. The zero-order valence-electron chi connectivity index (χ0n) is 12.3. The molecule has 7 heteroatoms. The van der Waals surface area contributed by atoms with Gasteiger partial charge in [-0.05, 0) is 36.8 Å². The fraction of sp³-hybridized carbons (Fsp3) is 0.125. The van der Waals surface area contributed by atoms with Crippen molar-refractivity contribution in [3.8, 4) is 11.8 Å². The molecule has 1 amide bonds. The number of hydrogen-bond donors (Lipinski definition) is 1. The van der Waals surface area contributed by atoms with Crippen molar-refractivity contribution < 1.29 is 14.5 Å². The largest absolute Gasteiger partial charge is 0.477 e. The first-order valence-electron chi connectivity index (χ1n) is 6.67. The highest BCUT2D eigenvalue weighted by Gasteiger charge is 2.16. The smallest absolute Gasteiger partial charge is 0.311 e. The first-order chi connectivity index (χ1) is 11.0. The van der Waals surface area contributed by atoms with E-state index in [-0.39, 0.29) is 18.0 Å². The molecule has 0 saturated carbocycles. The molecule has 1 N–H and O–H groups in total. The number of nitrogens with one attached hydrogen (secondary N) is 1. The number of carbonyl (C=O) groups excluding carboxylic acids is 1. The van der Waals surface area contributed by atoms with Gasteiger partial charge in [0.25, 0.3) is 5.91 Å². The minimum atomic E-state index is -0.559.